The number of ether oxygens (including phenoxy) is 1. The van der Waals surface area contributed by atoms with Crippen LogP contribution in [-0.2, 0) is 16.1 Å². The molecule has 2 aliphatic rings. The summed E-state index contributed by atoms with van der Waals surface area (Å²) < 4.78 is 7.65. The number of piperidine rings is 1. The van der Waals surface area contributed by atoms with E-state index in [0.29, 0.717) is 18.0 Å². The van der Waals surface area contributed by atoms with Crippen molar-refractivity contribution in [3.8, 4) is 5.75 Å². The van der Waals surface area contributed by atoms with Gasteiger partial charge in [0.25, 0.3) is 5.91 Å². The number of carbonyl (C=O) groups is 2. The molecular formula is C21H26N4O3. The molecule has 7 nitrogen and oxygen atoms in total. The van der Waals surface area contributed by atoms with Crippen molar-refractivity contribution >= 4 is 17.5 Å². The SMILES string of the molecule is CCn1ccnc1C1CCCN(C(=O)CN2C(=O)COc3ccc(C)cc32)C1. The molecule has 1 unspecified atom stereocenters. The molecule has 28 heavy (non-hydrogen) atoms. The number of nitrogens with zero attached hydrogens (tertiary/aromatic N) is 4. The molecule has 0 aliphatic carbocycles. The number of hydrogen-bond acceptors (Lipinski definition) is 4. The molecule has 148 valence electrons. The van der Waals surface area contributed by atoms with Gasteiger partial charge in [-0.05, 0) is 44.4 Å². The number of hydrogen-bond donors (Lipinski definition) is 0. The van der Waals surface area contributed by atoms with E-state index in [9.17, 15) is 9.59 Å². The van der Waals surface area contributed by atoms with Gasteiger partial charge in [-0.3, -0.25) is 14.5 Å². The van der Waals surface area contributed by atoms with Crippen molar-refractivity contribution in [2.45, 2.75) is 39.2 Å². The van der Waals surface area contributed by atoms with Gasteiger partial charge in [0, 0.05) is 37.9 Å². The fourth-order valence-electron chi connectivity index (χ4n) is 4.08. The fraction of sp³-hybridized carbons (Fsp3) is 0.476. The fourth-order valence-corrected chi connectivity index (χ4v) is 4.08. The molecule has 1 aromatic heterocycles. The number of likely N-dealkylation sites (tertiary alicyclic amines) is 1. The lowest BCUT2D eigenvalue weighted by Crippen LogP contribution is -2.48. The first-order chi connectivity index (χ1) is 13.6. The second-order valence-corrected chi connectivity index (χ2v) is 7.49. The third-order valence-corrected chi connectivity index (χ3v) is 5.58. The highest BCUT2D eigenvalue weighted by atomic mass is 16.5. The van der Waals surface area contributed by atoms with E-state index in [2.05, 4.69) is 16.5 Å². The van der Waals surface area contributed by atoms with E-state index < -0.39 is 0 Å². The molecule has 4 rings (SSSR count). The second kappa shape index (κ2) is 7.66. The van der Waals surface area contributed by atoms with Gasteiger partial charge >= 0.3 is 0 Å². The maximum atomic E-state index is 13.0. The van der Waals surface area contributed by atoms with Crippen LogP contribution in [-0.4, -0.2) is 52.5 Å². The first-order valence-electron chi connectivity index (χ1n) is 9.89. The lowest BCUT2D eigenvalue weighted by Gasteiger charge is -2.35. The highest BCUT2D eigenvalue weighted by molar-refractivity contribution is 6.02. The summed E-state index contributed by atoms with van der Waals surface area (Å²) in [6.07, 6.45) is 5.78. The molecule has 1 saturated heterocycles. The highest BCUT2D eigenvalue weighted by Crippen LogP contribution is 2.33. The predicted molar refractivity (Wildman–Crippen MR) is 105 cm³/mol. The lowest BCUT2D eigenvalue weighted by atomic mass is 9.97. The standard InChI is InChI=1S/C21H26N4O3/c1-3-23-10-8-22-21(23)16-5-4-9-24(12-16)19(26)13-25-17-11-15(2)6-7-18(17)28-14-20(25)27/h6-8,10-11,16H,3-5,9,12-14H2,1-2H3. The number of amides is 2. The number of aromatic nitrogens is 2. The largest absolute Gasteiger partial charge is 0.482 e. The number of anilines is 1. The maximum absolute atomic E-state index is 13.0. The number of rotatable bonds is 4. The molecule has 1 fully saturated rings. The zero-order chi connectivity index (χ0) is 19.7. The zero-order valence-electron chi connectivity index (χ0n) is 16.4. The molecule has 0 saturated carbocycles. The Morgan fingerprint density at radius 1 is 1.36 bits per heavy atom. The summed E-state index contributed by atoms with van der Waals surface area (Å²) in [4.78, 5) is 33.4. The summed E-state index contributed by atoms with van der Waals surface area (Å²) in [6, 6.07) is 5.70. The van der Waals surface area contributed by atoms with Gasteiger partial charge in [-0.15, -0.1) is 0 Å². The van der Waals surface area contributed by atoms with Crippen LogP contribution in [0.1, 0.15) is 37.1 Å². The van der Waals surface area contributed by atoms with Crippen LogP contribution in [0, 0.1) is 6.92 Å². The Balaban J connectivity index is 1.49. The normalized spacial score (nSPS) is 19.4. The van der Waals surface area contributed by atoms with Crippen LogP contribution >= 0.6 is 0 Å². The molecule has 2 aliphatic heterocycles. The van der Waals surface area contributed by atoms with E-state index in [1.54, 1.807) is 4.90 Å². The van der Waals surface area contributed by atoms with Crippen LogP contribution in [0.3, 0.4) is 0 Å². The molecular weight excluding hydrogens is 356 g/mol. The minimum Gasteiger partial charge on any atom is -0.482 e. The van der Waals surface area contributed by atoms with E-state index >= 15 is 0 Å². The molecule has 3 heterocycles. The topological polar surface area (TPSA) is 67.7 Å². The lowest BCUT2D eigenvalue weighted by molar-refractivity contribution is -0.133. The van der Waals surface area contributed by atoms with Gasteiger partial charge in [0.2, 0.25) is 5.91 Å². The Hall–Kier alpha value is -2.83. The van der Waals surface area contributed by atoms with Crippen molar-refractivity contribution in [3.63, 3.8) is 0 Å². The quantitative estimate of drug-likeness (QED) is 0.814. The van der Waals surface area contributed by atoms with E-state index in [-0.39, 0.29) is 30.9 Å². The smallest absolute Gasteiger partial charge is 0.265 e. The van der Waals surface area contributed by atoms with Crippen molar-refractivity contribution in [1.29, 1.82) is 0 Å². The summed E-state index contributed by atoms with van der Waals surface area (Å²) in [5.74, 6) is 1.73. The summed E-state index contributed by atoms with van der Waals surface area (Å²) in [5, 5.41) is 0. The van der Waals surface area contributed by atoms with Gasteiger partial charge in [-0.25, -0.2) is 4.98 Å². The van der Waals surface area contributed by atoms with Gasteiger partial charge in [0.15, 0.2) is 6.61 Å². The van der Waals surface area contributed by atoms with Gasteiger partial charge in [0.05, 0.1) is 5.69 Å². The molecule has 0 spiro atoms. The van der Waals surface area contributed by atoms with Crippen LogP contribution in [0.2, 0.25) is 0 Å². The first kappa shape index (κ1) is 18.5. The molecule has 1 atom stereocenters. The van der Waals surface area contributed by atoms with Crippen LogP contribution in [0.5, 0.6) is 5.75 Å². The number of imidazole rings is 1. The molecule has 7 heteroatoms. The monoisotopic (exact) mass is 382 g/mol. The third kappa shape index (κ3) is 3.48. The number of benzene rings is 1. The van der Waals surface area contributed by atoms with Crippen LogP contribution in [0.25, 0.3) is 0 Å². The predicted octanol–water partition coefficient (Wildman–Crippen LogP) is 2.34. The summed E-state index contributed by atoms with van der Waals surface area (Å²) in [5.41, 5.74) is 1.71. The second-order valence-electron chi connectivity index (χ2n) is 7.49. The Morgan fingerprint density at radius 2 is 2.21 bits per heavy atom. The highest BCUT2D eigenvalue weighted by Gasteiger charge is 2.32. The number of carbonyl (C=O) groups excluding carboxylic acids is 2. The van der Waals surface area contributed by atoms with Crippen molar-refractivity contribution in [2.75, 3.05) is 31.1 Å². The van der Waals surface area contributed by atoms with Gasteiger partial charge < -0.3 is 14.2 Å². The summed E-state index contributed by atoms with van der Waals surface area (Å²) in [7, 11) is 0. The van der Waals surface area contributed by atoms with E-state index in [1.807, 2.05) is 42.4 Å². The van der Waals surface area contributed by atoms with Crippen molar-refractivity contribution in [1.82, 2.24) is 14.5 Å². The number of fused-ring (bicyclic) bond motifs is 1. The van der Waals surface area contributed by atoms with E-state index in [0.717, 1.165) is 37.3 Å². The molecule has 2 amide bonds. The zero-order valence-corrected chi connectivity index (χ0v) is 16.4. The van der Waals surface area contributed by atoms with Crippen molar-refractivity contribution < 1.29 is 14.3 Å². The van der Waals surface area contributed by atoms with E-state index in [1.165, 1.54) is 0 Å². The van der Waals surface area contributed by atoms with Crippen molar-refractivity contribution in [2.24, 2.45) is 0 Å². The Labute approximate surface area is 164 Å². The minimum absolute atomic E-state index is 0.0259. The molecule has 0 N–H and O–H groups in total. The molecule has 0 bridgehead atoms. The number of aryl methyl sites for hydroxylation is 2. The van der Waals surface area contributed by atoms with Gasteiger partial charge in [-0.1, -0.05) is 6.07 Å². The Kier molecular flexibility index (Phi) is 5.07. The average molecular weight is 382 g/mol. The van der Waals surface area contributed by atoms with Gasteiger partial charge in [0.1, 0.15) is 18.1 Å². The van der Waals surface area contributed by atoms with E-state index in [4.69, 9.17) is 4.74 Å². The van der Waals surface area contributed by atoms with Crippen molar-refractivity contribution in [3.05, 3.63) is 42.0 Å². The Bertz CT molecular complexity index is 892. The summed E-state index contributed by atoms with van der Waals surface area (Å²) in [6.45, 7) is 6.33. The molecule has 2 aromatic rings. The Morgan fingerprint density at radius 3 is 3.04 bits per heavy atom. The van der Waals surface area contributed by atoms with Gasteiger partial charge in [-0.2, -0.15) is 0 Å². The molecule has 0 radical (unpaired) electrons. The minimum atomic E-state index is -0.179. The first-order valence-corrected chi connectivity index (χ1v) is 9.89. The molecule has 1 aromatic carbocycles. The summed E-state index contributed by atoms with van der Waals surface area (Å²) >= 11 is 0. The third-order valence-electron chi connectivity index (χ3n) is 5.58. The van der Waals surface area contributed by atoms with Crippen LogP contribution in [0.4, 0.5) is 5.69 Å². The van der Waals surface area contributed by atoms with Crippen LogP contribution < -0.4 is 9.64 Å². The maximum Gasteiger partial charge on any atom is 0.265 e. The van der Waals surface area contributed by atoms with Crippen LogP contribution in [0.15, 0.2) is 30.6 Å². The average Bonchev–Trinajstić information content (AvgIpc) is 3.19.